The Labute approximate surface area is 201 Å². The lowest BCUT2D eigenvalue weighted by Crippen LogP contribution is -2.33. The lowest BCUT2D eigenvalue weighted by atomic mass is 9.80. The van der Waals surface area contributed by atoms with Gasteiger partial charge >= 0.3 is 23.9 Å². The molecule has 1 aromatic rings. The standard InChI is InChI=1S/C23H26N2O10/c1-5-17(26)32-11-34-22(28)19-13(3)24-14(4)20(23(29)35-12-33-18(27)6-2)21(19)15-8-7-9-16(10-15)25(30)31/h7-10,21,24H,5-6,11-12H2,1-4H3. The second kappa shape index (κ2) is 12.3. The highest BCUT2D eigenvalue weighted by Gasteiger charge is 2.38. The van der Waals surface area contributed by atoms with Crippen molar-refractivity contribution >= 4 is 29.6 Å². The van der Waals surface area contributed by atoms with Gasteiger partial charge in [-0.3, -0.25) is 19.7 Å². The first-order valence-electron chi connectivity index (χ1n) is 10.7. The Balaban J connectivity index is 2.47. The predicted molar refractivity (Wildman–Crippen MR) is 119 cm³/mol. The van der Waals surface area contributed by atoms with Crippen molar-refractivity contribution in [1.82, 2.24) is 5.32 Å². The quantitative estimate of drug-likeness (QED) is 0.222. The molecule has 1 aliphatic rings. The number of nitro groups is 1. The molecule has 0 atom stereocenters. The fraction of sp³-hybridized carbons (Fsp3) is 0.391. The molecular formula is C23H26N2O10. The van der Waals surface area contributed by atoms with Gasteiger partial charge < -0.3 is 24.3 Å². The summed E-state index contributed by atoms with van der Waals surface area (Å²) >= 11 is 0. The molecule has 1 N–H and O–H groups in total. The van der Waals surface area contributed by atoms with Crippen LogP contribution in [0, 0.1) is 10.1 Å². The van der Waals surface area contributed by atoms with Crippen molar-refractivity contribution in [2.45, 2.75) is 46.5 Å². The Morgan fingerprint density at radius 3 is 1.80 bits per heavy atom. The molecule has 0 aliphatic carbocycles. The van der Waals surface area contributed by atoms with E-state index >= 15 is 0 Å². The average molecular weight is 490 g/mol. The zero-order chi connectivity index (χ0) is 26.1. The molecule has 0 bridgehead atoms. The fourth-order valence-electron chi connectivity index (χ4n) is 3.34. The van der Waals surface area contributed by atoms with Crippen molar-refractivity contribution in [3.63, 3.8) is 0 Å². The molecule has 0 amide bonds. The molecule has 0 fully saturated rings. The van der Waals surface area contributed by atoms with E-state index in [9.17, 15) is 29.3 Å². The number of esters is 4. The Kier molecular flexibility index (Phi) is 9.50. The van der Waals surface area contributed by atoms with Crippen LogP contribution >= 0.6 is 0 Å². The maximum absolute atomic E-state index is 13.0. The molecule has 1 heterocycles. The third-order valence-electron chi connectivity index (χ3n) is 5.01. The molecule has 0 spiro atoms. The van der Waals surface area contributed by atoms with Gasteiger partial charge in [-0.25, -0.2) is 9.59 Å². The van der Waals surface area contributed by atoms with Gasteiger partial charge in [0.15, 0.2) is 0 Å². The van der Waals surface area contributed by atoms with E-state index in [2.05, 4.69) is 5.32 Å². The van der Waals surface area contributed by atoms with Gasteiger partial charge in [-0.15, -0.1) is 0 Å². The van der Waals surface area contributed by atoms with Gasteiger partial charge in [0.05, 0.1) is 22.0 Å². The van der Waals surface area contributed by atoms with Crippen LogP contribution in [-0.2, 0) is 38.1 Å². The van der Waals surface area contributed by atoms with Gasteiger partial charge in [0.25, 0.3) is 5.69 Å². The van der Waals surface area contributed by atoms with Gasteiger partial charge in [-0.05, 0) is 19.4 Å². The minimum atomic E-state index is -1.13. The molecule has 0 unspecified atom stereocenters. The Hall–Kier alpha value is -4.22. The monoisotopic (exact) mass is 490 g/mol. The van der Waals surface area contributed by atoms with Crippen molar-refractivity contribution in [2.24, 2.45) is 0 Å². The number of carbonyl (C=O) groups excluding carboxylic acids is 4. The summed E-state index contributed by atoms with van der Waals surface area (Å²) in [5.41, 5.74) is 0.543. The Morgan fingerprint density at radius 2 is 1.37 bits per heavy atom. The van der Waals surface area contributed by atoms with E-state index in [0.29, 0.717) is 11.4 Å². The highest BCUT2D eigenvalue weighted by Crippen LogP contribution is 2.40. The summed E-state index contributed by atoms with van der Waals surface area (Å²) in [5, 5.41) is 14.3. The molecule has 1 aliphatic heterocycles. The summed E-state index contributed by atoms with van der Waals surface area (Å²) in [4.78, 5) is 59.5. The molecule has 0 saturated heterocycles. The molecule has 188 valence electrons. The average Bonchev–Trinajstić information content (AvgIpc) is 2.82. The first-order valence-corrected chi connectivity index (χ1v) is 10.7. The van der Waals surface area contributed by atoms with Crippen LogP contribution in [0.2, 0.25) is 0 Å². The minimum absolute atomic E-state index is 0.0406. The molecule has 2 rings (SSSR count). The highest BCUT2D eigenvalue weighted by atomic mass is 16.7. The molecule has 0 aromatic heterocycles. The smallest absolute Gasteiger partial charge is 0.339 e. The number of dihydropyridines is 1. The van der Waals surface area contributed by atoms with Crippen LogP contribution in [0.1, 0.15) is 52.0 Å². The summed E-state index contributed by atoms with van der Waals surface area (Å²) in [6.45, 7) is 4.97. The third-order valence-corrected chi connectivity index (χ3v) is 5.01. The number of nitrogens with one attached hydrogen (secondary N) is 1. The van der Waals surface area contributed by atoms with Crippen molar-refractivity contribution in [1.29, 1.82) is 0 Å². The Morgan fingerprint density at radius 1 is 0.886 bits per heavy atom. The zero-order valence-electron chi connectivity index (χ0n) is 19.7. The SMILES string of the molecule is CCC(=O)OCOC(=O)C1=C(C)NC(C)=C(C(=O)OCOC(=O)CC)C1c1cccc([N+](=O)[O-])c1. The van der Waals surface area contributed by atoms with Gasteiger partial charge in [0.1, 0.15) is 0 Å². The maximum Gasteiger partial charge on any atom is 0.339 e. The molecule has 12 nitrogen and oxygen atoms in total. The number of carbonyl (C=O) groups is 4. The minimum Gasteiger partial charge on any atom is -0.428 e. The maximum atomic E-state index is 13.0. The predicted octanol–water partition coefficient (Wildman–Crippen LogP) is 2.74. The van der Waals surface area contributed by atoms with E-state index in [0.717, 1.165) is 0 Å². The molecular weight excluding hydrogens is 464 g/mol. The number of ether oxygens (including phenoxy) is 4. The molecule has 35 heavy (non-hydrogen) atoms. The molecule has 12 heteroatoms. The summed E-state index contributed by atoms with van der Waals surface area (Å²) in [6, 6.07) is 5.42. The summed E-state index contributed by atoms with van der Waals surface area (Å²) in [6.07, 6.45) is 0.162. The van der Waals surface area contributed by atoms with Crippen LogP contribution in [0.15, 0.2) is 46.8 Å². The number of hydrogen-bond donors (Lipinski definition) is 1. The van der Waals surface area contributed by atoms with Crippen molar-refractivity contribution < 1.29 is 43.0 Å². The number of nitro benzene ring substituents is 1. The van der Waals surface area contributed by atoms with Crippen LogP contribution in [0.25, 0.3) is 0 Å². The molecule has 0 saturated carbocycles. The van der Waals surface area contributed by atoms with Crippen LogP contribution in [0.5, 0.6) is 0 Å². The van der Waals surface area contributed by atoms with E-state index in [1.807, 2.05) is 0 Å². The lowest BCUT2D eigenvalue weighted by Gasteiger charge is -2.30. The number of non-ortho nitro benzene ring substituents is 1. The number of hydrogen-bond acceptors (Lipinski definition) is 11. The number of nitrogens with zero attached hydrogens (tertiary/aromatic N) is 1. The second-order valence-electron chi connectivity index (χ2n) is 7.33. The number of allylic oxidation sites excluding steroid dienone is 2. The third kappa shape index (κ3) is 6.88. The van der Waals surface area contributed by atoms with Gasteiger partial charge in [0.2, 0.25) is 13.6 Å². The van der Waals surface area contributed by atoms with Gasteiger partial charge in [-0.2, -0.15) is 0 Å². The molecule has 0 radical (unpaired) electrons. The van der Waals surface area contributed by atoms with E-state index in [-0.39, 0.29) is 35.2 Å². The van der Waals surface area contributed by atoms with Gasteiger partial charge in [-0.1, -0.05) is 26.0 Å². The van der Waals surface area contributed by atoms with Crippen molar-refractivity contribution in [2.75, 3.05) is 13.6 Å². The van der Waals surface area contributed by atoms with E-state index < -0.39 is 48.3 Å². The number of benzene rings is 1. The first kappa shape index (κ1) is 27.0. The normalized spacial score (nSPS) is 13.6. The fourth-order valence-corrected chi connectivity index (χ4v) is 3.34. The van der Waals surface area contributed by atoms with Crippen molar-refractivity contribution in [3.05, 3.63) is 62.5 Å². The van der Waals surface area contributed by atoms with Crippen molar-refractivity contribution in [3.8, 4) is 0 Å². The zero-order valence-corrected chi connectivity index (χ0v) is 19.7. The van der Waals surface area contributed by atoms with E-state index in [4.69, 9.17) is 18.9 Å². The van der Waals surface area contributed by atoms with Crippen LogP contribution < -0.4 is 5.32 Å². The van der Waals surface area contributed by atoms with Gasteiger partial charge in [0, 0.05) is 36.4 Å². The second-order valence-corrected chi connectivity index (χ2v) is 7.33. The largest absolute Gasteiger partial charge is 0.428 e. The topological polar surface area (TPSA) is 160 Å². The summed E-state index contributed by atoms with van der Waals surface area (Å²) < 4.78 is 19.8. The summed E-state index contributed by atoms with van der Waals surface area (Å²) in [7, 11) is 0. The van der Waals surface area contributed by atoms with E-state index in [1.165, 1.54) is 24.3 Å². The van der Waals surface area contributed by atoms with E-state index in [1.54, 1.807) is 27.7 Å². The lowest BCUT2D eigenvalue weighted by molar-refractivity contribution is -0.384. The summed E-state index contributed by atoms with van der Waals surface area (Å²) in [5.74, 6) is -4.11. The van der Waals surface area contributed by atoms with Crippen LogP contribution in [0.3, 0.4) is 0 Å². The highest BCUT2D eigenvalue weighted by molar-refractivity contribution is 6.00. The Bertz CT molecular complexity index is 1030. The van der Waals surface area contributed by atoms with Crippen LogP contribution in [0.4, 0.5) is 5.69 Å². The number of rotatable bonds is 10. The first-order chi connectivity index (χ1) is 16.6. The molecule has 1 aromatic carbocycles. The van der Waals surface area contributed by atoms with Crippen LogP contribution in [-0.4, -0.2) is 42.4 Å².